The van der Waals surface area contributed by atoms with Crippen LogP contribution in [0.1, 0.15) is 20.8 Å². The average Bonchev–Trinajstić information content (AvgIpc) is 2.80. The molecule has 0 saturated heterocycles. The largest absolute Gasteiger partial charge is 0.496 e. The first-order chi connectivity index (χ1) is 9.06. The van der Waals surface area contributed by atoms with E-state index in [1.54, 1.807) is 31.4 Å². The van der Waals surface area contributed by atoms with Crippen molar-refractivity contribution in [2.45, 2.75) is 6.92 Å². The third-order valence-corrected chi connectivity index (χ3v) is 3.96. The molecule has 0 saturated carbocycles. The van der Waals surface area contributed by atoms with E-state index in [1.807, 2.05) is 6.92 Å². The quantitative estimate of drug-likeness (QED) is 0.931. The van der Waals surface area contributed by atoms with Crippen LogP contribution in [0.25, 0.3) is 10.4 Å². The predicted molar refractivity (Wildman–Crippen MR) is 72.7 cm³/mol. The van der Waals surface area contributed by atoms with Crippen LogP contribution in [0.15, 0.2) is 24.3 Å². The summed E-state index contributed by atoms with van der Waals surface area (Å²) in [4.78, 5) is 12.1. The minimum atomic E-state index is -0.949. The maximum absolute atomic E-state index is 11.0. The van der Waals surface area contributed by atoms with Gasteiger partial charge in [0, 0.05) is 10.4 Å². The Bertz CT molecular complexity index is 682. The van der Waals surface area contributed by atoms with Gasteiger partial charge in [-0.3, -0.25) is 0 Å². The van der Waals surface area contributed by atoms with Gasteiger partial charge in [-0.15, -0.1) is 11.3 Å². The molecule has 96 valence electrons. The van der Waals surface area contributed by atoms with Crippen molar-refractivity contribution in [1.29, 1.82) is 5.26 Å². The number of hydrogen-bond donors (Lipinski definition) is 1. The summed E-state index contributed by atoms with van der Waals surface area (Å²) in [5.41, 5.74) is 2.12. The molecule has 0 fully saturated rings. The zero-order valence-electron chi connectivity index (χ0n) is 10.4. The molecule has 4 nitrogen and oxygen atoms in total. The molecule has 1 N–H and O–H groups in total. The van der Waals surface area contributed by atoms with Crippen molar-refractivity contribution in [3.63, 3.8) is 0 Å². The fourth-order valence-electron chi connectivity index (χ4n) is 1.81. The van der Waals surface area contributed by atoms with E-state index in [9.17, 15) is 4.79 Å². The lowest BCUT2D eigenvalue weighted by Gasteiger charge is -2.08. The molecule has 1 aromatic heterocycles. The van der Waals surface area contributed by atoms with Gasteiger partial charge >= 0.3 is 5.97 Å². The highest BCUT2D eigenvalue weighted by molar-refractivity contribution is 7.17. The summed E-state index contributed by atoms with van der Waals surface area (Å²) in [7, 11) is 1.55. The highest BCUT2D eigenvalue weighted by Crippen LogP contribution is 2.38. The van der Waals surface area contributed by atoms with Gasteiger partial charge in [0.1, 0.15) is 10.6 Å². The Morgan fingerprint density at radius 3 is 2.68 bits per heavy atom. The molecular weight excluding hydrogens is 262 g/mol. The van der Waals surface area contributed by atoms with Gasteiger partial charge in [-0.05, 0) is 36.8 Å². The molecule has 0 aliphatic heterocycles. The summed E-state index contributed by atoms with van der Waals surface area (Å²) in [5, 5.41) is 18.0. The van der Waals surface area contributed by atoms with Crippen LogP contribution in [0.2, 0.25) is 0 Å². The summed E-state index contributed by atoms with van der Waals surface area (Å²) in [5.74, 6) is -0.323. The second-order valence-electron chi connectivity index (χ2n) is 3.95. The molecule has 0 unspecified atom stereocenters. The van der Waals surface area contributed by atoms with Crippen molar-refractivity contribution in [3.8, 4) is 22.3 Å². The normalized spacial score (nSPS) is 9.95. The lowest BCUT2D eigenvalue weighted by Crippen LogP contribution is -1.89. The van der Waals surface area contributed by atoms with Gasteiger partial charge in [0.05, 0.1) is 18.7 Å². The lowest BCUT2D eigenvalue weighted by atomic mass is 10.1. The van der Waals surface area contributed by atoms with Crippen molar-refractivity contribution in [2.75, 3.05) is 7.11 Å². The van der Waals surface area contributed by atoms with E-state index in [4.69, 9.17) is 15.1 Å². The minimum absolute atomic E-state index is 0.275. The zero-order valence-corrected chi connectivity index (χ0v) is 11.2. The molecule has 0 radical (unpaired) electrons. The number of ether oxygens (including phenoxy) is 1. The van der Waals surface area contributed by atoms with E-state index in [0.29, 0.717) is 11.3 Å². The standard InChI is InChI=1S/C14H11NO3S/c1-8-5-12(14(16)17)19-13(8)10-6-9(7-15)3-4-11(10)18-2/h3-6H,1-2H3,(H,16,17). The minimum Gasteiger partial charge on any atom is -0.496 e. The Morgan fingerprint density at radius 1 is 1.42 bits per heavy atom. The number of aromatic carboxylic acids is 1. The summed E-state index contributed by atoms with van der Waals surface area (Å²) >= 11 is 1.18. The summed E-state index contributed by atoms with van der Waals surface area (Å²) in [6.45, 7) is 1.84. The van der Waals surface area contributed by atoms with Gasteiger partial charge in [-0.1, -0.05) is 0 Å². The highest BCUT2D eigenvalue weighted by Gasteiger charge is 2.16. The lowest BCUT2D eigenvalue weighted by molar-refractivity contribution is 0.0702. The molecule has 1 heterocycles. The fourth-order valence-corrected chi connectivity index (χ4v) is 2.84. The summed E-state index contributed by atoms with van der Waals surface area (Å²) in [6, 6.07) is 8.79. The van der Waals surface area contributed by atoms with E-state index in [-0.39, 0.29) is 4.88 Å². The van der Waals surface area contributed by atoms with Crippen molar-refractivity contribution in [3.05, 3.63) is 40.3 Å². The van der Waals surface area contributed by atoms with Crippen molar-refractivity contribution in [1.82, 2.24) is 0 Å². The third-order valence-electron chi connectivity index (χ3n) is 2.70. The summed E-state index contributed by atoms with van der Waals surface area (Å²) < 4.78 is 5.27. The van der Waals surface area contributed by atoms with Gasteiger partial charge in [0.2, 0.25) is 0 Å². The first kappa shape index (κ1) is 13.1. The topological polar surface area (TPSA) is 70.3 Å². The van der Waals surface area contributed by atoms with Gasteiger partial charge in [0.25, 0.3) is 0 Å². The molecule has 0 amide bonds. The number of carboxylic acid groups (broad SMARTS) is 1. The Kier molecular flexibility index (Phi) is 3.54. The van der Waals surface area contributed by atoms with E-state index >= 15 is 0 Å². The molecule has 0 aliphatic rings. The fraction of sp³-hybridized carbons (Fsp3) is 0.143. The third kappa shape index (κ3) is 2.44. The number of carboxylic acids is 1. The number of benzene rings is 1. The number of rotatable bonds is 3. The second kappa shape index (κ2) is 5.12. The Hall–Kier alpha value is -2.32. The average molecular weight is 273 g/mol. The van der Waals surface area contributed by atoms with E-state index in [0.717, 1.165) is 16.0 Å². The summed E-state index contributed by atoms with van der Waals surface area (Å²) in [6.07, 6.45) is 0. The van der Waals surface area contributed by atoms with Gasteiger partial charge in [-0.25, -0.2) is 4.79 Å². The van der Waals surface area contributed by atoms with Gasteiger partial charge < -0.3 is 9.84 Å². The van der Waals surface area contributed by atoms with Gasteiger partial charge in [-0.2, -0.15) is 5.26 Å². The molecule has 19 heavy (non-hydrogen) atoms. The number of aryl methyl sites for hydroxylation is 1. The van der Waals surface area contributed by atoms with Crippen LogP contribution in [0.5, 0.6) is 5.75 Å². The maximum atomic E-state index is 11.0. The number of nitrogens with zero attached hydrogens (tertiary/aromatic N) is 1. The van der Waals surface area contributed by atoms with Gasteiger partial charge in [0.15, 0.2) is 0 Å². The van der Waals surface area contributed by atoms with Crippen molar-refractivity contribution < 1.29 is 14.6 Å². The van der Waals surface area contributed by atoms with E-state index in [2.05, 4.69) is 6.07 Å². The second-order valence-corrected chi connectivity index (χ2v) is 5.01. The molecule has 0 aliphatic carbocycles. The van der Waals surface area contributed by atoms with Crippen LogP contribution >= 0.6 is 11.3 Å². The zero-order chi connectivity index (χ0) is 14.0. The van der Waals surface area contributed by atoms with E-state index in [1.165, 1.54) is 11.3 Å². The maximum Gasteiger partial charge on any atom is 0.345 e. The molecule has 2 rings (SSSR count). The van der Waals surface area contributed by atoms with Crippen LogP contribution in [-0.4, -0.2) is 18.2 Å². The van der Waals surface area contributed by atoms with Crippen molar-refractivity contribution in [2.24, 2.45) is 0 Å². The Morgan fingerprint density at radius 2 is 2.16 bits per heavy atom. The number of hydrogen-bond acceptors (Lipinski definition) is 4. The molecule has 2 aromatic rings. The number of thiophene rings is 1. The van der Waals surface area contributed by atoms with Crippen LogP contribution in [0.4, 0.5) is 0 Å². The SMILES string of the molecule is COc1ccc(C#N)cc1-c1sc(C(=O)O)cc1C. The molecule has 5 heteroatoms. The molecule has 1 aromatic carbocycles. The van der Waals surface area contributed by atoms with Crippen LogP contribution in [0.3, 0.4) is 0 Å². The first-order valence-electron chi connectivity index (χ1n) is 5.49. The Labute approximate surface area is 114 Å². The number of nitriles is 1. The molecule has 0 spiro atoms. The van der Waals surface area contributed by atoms with E-state index < -0.39 is 5.97 Å². The highest BCUT2D eigenvalue weighted by atomic mass is 32.1. The number of carbonyl (C=O) groups is 1. The molecule has 0 atom stereocenters. The smallest absolute Gasteiger partial charge is 0.345 e. The van der Waals surface area contributed by atoms with Crippen LogP contribution in [0, 0.1) is 18.3 Å². The monoisotopic (exact) mass is 273 g/mol. The number of methoxy groups -OCH3 is 1. The van der Waals surface area contributed by atoms with Crippen molar-refractivity contribution >= 4 is 17.3 Å². The predicted octanol–water partition coefficient (Wildman–Crippen LogP) is 3.30. The Balaban J connectivity index is 2.63. The van der Waals surface area contributed by atoms with Crippen LogP contribution < -0.4 is 4.74 Å². The molecular formula is C14H11NO3S. The first-order valence-corrected chi connectivity index (χ1v) is 6.30. The van der Waals surface area contributed by atoms with Crippen LogP contribution in [-0.2, 0) is 0 Å². The molecule has 0 bridgehead atoms.